The number of aliphatic hydroxyl groups is 1. The van der Waals surface area contributed by atoms with Gasteiger partial charge in [0.15, 0.2) is 0 Å². The molecule has 0 spiro atoms. The first-order valence-electron chi connectivity index (χ1n) is 5.39. The monoisotopic (exact) mass is 215 g/mol. The van der Waals surface area contributed by atoms with E-state index >= 15 is 0 Å². The van der Waals surface area contributed by atoms with Crippen LogP contribution in [0.5, 0.6) is 0 Å². The lowest BCUT2D eigenvalue weighted by atomic mass is 10.2. The number of hydrogen-bond donors (Lipinski definition) is 2. The first kappa shape index (κ1) is 12.4. The molecule has 0 saturated carbocycles. The Morgan fingerprint density at radius 3 is 2.93 bits per heavy atom. The van der Waals surface area contributed by atoms with Crippen molar-refractivity contribution >= 4 is 5.91 Å². The van der Waals surface area contributed by atoms with Gasteiger partial charge in [-0.2, -0.15) is 0 Å². The highest BCUT2D eigenvalue weighted by molar-refractivity contribution is 5.79. The quantitative estimate of drug-likeness (QED) is 0.600. The molecule has 1 heterocycles. The van der Waals surface area contributed by atoms with Crippen LogP contribution in [-0.4, -0.2) is 73.7 Å². The lowest BCUT2D eigenvalue weighted by Crippen LogP contribution is -2.55. The molecule has 0 aromatic heterocycles. The summed E-state index contributed by atoms with van der Waals surface area (Å²) in [5.41, 5.74) is 0. The molecule has 1 aliphatic heterocycles. The molecule has 0 bridgehead atoms. The van der Waals surface area contributed by atoms with Crippen molar-refractivity contribution in [1.82, 2.24) is 15.1 Å². The third kappa shape index (κ3) is 4.59. The van der Waals surface area contributed by atoms with Crippen LogP contribution in [0.15, 0.2) is 0 Å². The number of hydrogen-bond acceptors (Lipinski definition) is 4. The fraction of sp³-hybridized carbons (Fsp3) is 0.900. The number of aliphatic hydroxyl groups excluding tert-OH is 1. The minimum atomic E-state index is -0.0920. The summed E-state index contributed by atoms with van der Waals surface area (Å²) in [5, 5.41) is 11.7. The zero-order valence-corrected chi connectivity index (χ0v) is 9.57. The van der Waals surface area contributed by atoms with E-state index in [1.807, 2.05) is 14.1 Å². The Morgan fingerprint density at radius 2 is 2.33 bits per heavy atom. The number of amides is 1. The van der Waals surface area contributed by atoms with Crippen molar-refractivity contribution < 1.29 is 9.90 Å². The van der Waals surface area contributed by atoms with Gasteiger partial charge < -0.3 is 15.3 Å². The van der Waals surface area contributed by atoms with Crippen molar-refractivity contribution in [3.63, 3.8) is 0 Å². The molecule has 1 unspecified atom stereocenters. The highest BCUT2D eigenvalue weighted by Crippen LogP contribution is 2.01. The van der Waals surface area contributed by atoms with Gasteiger partial charge in [0.05, 0.1) is 19.2 Å². The maximum atomic E-state index is 11.3. The van der Waals surface area contributed by atoms with E-state index < -0.39 is 0 Å². The molecule has 0 aliphatic carbocycles. The fourth-order valence-corrected chi connectivity index (χ4v) is 1.78. The molecule has 0 aromatic carbocycles. The third-order valence-electron chi connectivity index (χ3n) is 2.51. The van der Waals surface area contributed by atoms with E-state index in [1.165, 1.54) is 0 Å². The van der Waals surface area contributed by atoms with Gasteiger partial charge in [-0.3, -0.25) is 9.69 Å². The number of carbonyl (C=O) groups excluding carboxylic acids is 1. The van der Waals surface area contributed by atoms with Crippen LogP contribution < -0.4 is 5.32 Å². The van der Waals surface area contributed by atoms with E-state index in [-0.39, 0.29) is 18.6 Å². The van der Waals surface area contributed by atoms with E-state index in [0.29, 0.717) is 6.54 Å². The molecule has 0 aromatic rings. The summed E-state index contributed by atoms with van der Waals surface area (Å²) in [4.78, 5) is 15.5. The van der Waals surface area contributed by atoms with Crippen molar-refractivity contribution in [3.05, 3.63) is 0 Å². The number of rotatable bonds is 5. The molecular weight excluding hydrogens is 194 g/mol. The average molecular weight is 215 g/mol. The summed E-state index contributed by atoms with van der Waals surface area (Å²) >= 11 is 0. The molecule has 88 valence electrons. The molecule has 0 radical (unpaired) electrons. The van der Waals surface area contributed by atoms with Crippen LogP contribution in [0.25, 0.3) is 0 Å². The van der Waals surface area contributed by atoms with Gasteiger partial charge in [0.25, 0.3) is 0 Å². The molecule has 1 saturated heterocycles. The van der Waals surface area contributed by atoms with Crippen LogP contribution in [-0.2, 0) is 4.79 Å². The Kier molecular flexibility index (Phi) is 5.01. The van der Waals surface area contributed by atoms with Crippen LogP contribution in [0.3, 0.4) is 0 Å². The van der Waals surface area contributed by atoms with Gasteiger partial charge in [-0.15, -0.1) is 0 Å². The molecule has 1 rings (SSSR count). The van der Waals surface area contributed by atoms with E-state index in [4.69, 9.17) is 5.11 Å². The van der Waals surface area contributed by atoms with Gasteiger partial charge in [0.2, 0.25) is 5.91 Å². The SMILES string of the molecule is CN(C)CCCN1CC(=O)NC(CO)C1. The van der Waals surface area contributed by atoms with E-state index in [2.05, 4.69) is 15.1 Å². The number of nitrogens with zero attached hydrogens (tertiary/aromatic N) is 2. The highest BCUT2D eigenvalue weighted by Gasteiger charge is 2.23. The van der Waals surface area contributed by atoms with Crippen LogP contribution >= 0.6 is 0 Å². The van der Waals surface area contributed by atoms with E-state index in [9.17, 15) is 4.79 Å². The Bertz CT molecular complexity index is 209. The van der Waals surface area contributed by atoms with Gasteiger partial charge in [-0.05, 0) is 33.6 Å². The van der Waals surface area contributed by atoms with Crippen molar-refractivity contribution in [2.24, 2.45) is 0 Å². The van der Waals surface area contributed by atoms with Gasteiger partial charge >= 0.3 is 0 Å². The summed E-state index contributed by atoms with van der Waals surface area (Å²) in [5.74, 6) is 0.0187. The zero-order chi connectivity index (χ0) is 11.3. The molecule has 15 heavy (non-hydrogen) atoms. The molecule has 1 amide bonds. The van der Waals surface area contributed by atoms with Crippen molar-refractivity contribution in [3.8, 4) is 0 Å². The van der Waals surface area contributed by atoms with Crippen LogP contribution in [0, 0.1) is 0 Å². The molecule has 1 atom stereocenters. The Balaban J connectivity index is 2.25. The summed E-state index contributed by atoms with van der Waals surface area (Å²) < 4.78 is 0. The number of carbonyl (C=O) groups is 1. The second kappa shape index (κ2) is 6.05. The van der Waals surface area contributed by atoms with Crippen molar-refractivity contribution in [2.45, 2.75) is 12.5 Å². The molecule has 1 aliphatic rings. The minimum Gasteiger partial charge on any atom is -0.394 e. The Hall–Kier alpha value is -0.650. The smallest absolute Gasteiger partial charge is 0.234 e. The topological polar surface area (TPSA) is 55.8 Å². The first-order chi connectivity index (χ1) is 7.11. The molecule has 1 fully saturated rings. The van der Waals surface area contributed by atoms with Crippen molar-refractivity contribution in [2.75, 3.05) is 46.9 Å². The molecule has 5 heteroatoms. The third-order valence-corrected chi connectivity index (χ3v) is 2.51. The summed E-state index contributed by atoms with van der Waals surface area (Å²) in [7, 11) is 4.08. The normalized spacial score (nSPS) is 23.2. The predicted octanol–water partition coefficient (Wildman–Crippen LogP) is -1.27. The fourth-order valence-electron chi connectivity index (χ4n) is 1.78. The Labute approximate surface area is 91.0 Å². The minimum absolute atomic E-state index is 0.0187. The Morgan fingerprint density at radius 1 is 1.60 bits per heavy atom. The van der Waals surface area contributed by atoms with E-state index in [0.717, 1.165) is 26.1 Å². The molecular formula is C10H21N3O2. The second-order valence-corrected chi connectivity index (χ2v) is 4.34. The maximum Gasteiger partial charge on any atom is 0.234 e. The number of nitrogens with one attached hydrogen (secondary N) is 1. The van der Waals surface area contributed by atoms with Gasteiger partial charge in [-0.1, -0.05) is 0 Å². The van der Waals surface area contributed by atoms with Crippen LogP contribution in [0.2, 0.25) is 0 Å². The van der Waals surface area contributed by atoms with Crippen molar-refractivity contribution in [1.29, 1.82) is 0 Å². The summed E-state index contributed by atoms with van der Waals surface area (Å²) in [6, 6.07) is -0.0920. The van der Waals surface area contributed by atoms with Gasteiger partial charge in [0.1, 0.15) is 0 Å². The molecule has 2 N–H and O–H groups in total. The van der Waals surface area contributed by atoms with Gasteiger partial charge in [0, 0.05) is 6.54 Å². The largest absolute Gasteiger partial charge is 0.394 e. The van der Waals surface area contributed by atoms with E-state index in [1.54, 1.807) is 0 Å². The zero-order valence-electron chi connectivity index (χ0n) is 9.57. The highest BCUT2D eigenvalue weighted by atomic mass is 16.3. The second-order valence-electron chi connectivity index (χ2n) is 4.34. The lowest BCUT2D eigenvalue weighted by Gasteiger charge is -2.32. The van der Waals surface area contributed by atoms with Crippen LogP contribution in [0.1, 0.15) is 6.42 Å². The summed E-state index contributed by atoms with van der Waals surface area (Å²) in [6.45, 7) is 3.19. The van der Waals surface area contributed by atoms with Gasteiger partial charge in [-0.25, -0.2) is 0 Å². The predicted molar refractivity (Wildman–Crippen MR) is 58.6 cm³/mol. The lowest BCUT2D eigenvalue weighted by molar-refractivity contribution is -0.126. The average Bonchev–Trinajstić information content (AvgIpc) is 2.16. The standard InChI is InChI=1S/C10H21N3O2/c1-12(2)4-3-5-13-6-9(8-14)11-10(15)7-13/h9,14H,3-8H2,1-2H3,(H,11,15). The van der Waals surface area contributed by atoms with Crippen LogP contribution in [0.4, 0.5) is 0 Å². The molecule has 5 nitrogen and oxygen atoms in total. The number of piperazine rings is 1. The first-order valence-corrected chi connectivity index (χ1v) is 5.39. The maximum absolute atomic E-state index is 11.3. The summed E-state index contributed by atoms with van der Waals surface area (Å²) in [6.07, 6.45) is 1.05.